The monoisotopic (exact) mass is 346 g/mol. The summed E-state index contributed by atoms with van der Waals surface area (Å²) in [4.78, 5) is 0. The fourth-order valence-corrected chi connectivity index (χ4v) is 5.23. The molecule has 0 bridgehead atoms. The Hall–Kier alpha value is -0.540. The number of hydrogen-bond donors (Lipinski definition) is 0. The average Bonchev–Trinajstić information content (AvgIpc) is 2.54. The van der Waals surface area contributed by atoms with Gasteiger partial charge in [-0.2, -0.15) is 0 Å². The molecule has 4 heteroatoms. The van der Waals surface area contributed by atoms with Crippen molar-refractivity contribution in [1.82, 2.24) is 0 Å². The molecule has 0 radical (unpaired) electrons. The van der Waals surface area contributed by atoms with E-state index in [1.165, 1.54) is 25.7 Å². The minimum atomic E-state index is -2.89. The first-order valence-corrected chi connectivity index (χ1v) is 9.71. The van der Waals surface area contributed by atoms with E-state index in [0.29, 0.717) is 5.92 Å². The maximum Gasteiger partial charge on any atom is 0.247 e. The second-order valence-electron chi connectivity index (χ2n) is 8.45. The van der Waals surface area contributed by atoms with E-state index in [1.54, 1.807) is 0 Å². The highest BCUT2D eigenvalue weighted by atomic mass is 19.3. The van der Waals surface area contributed by atoms with Crippen molar-refractivity contribution >= 4 is 0 Å². The molecule has 0 aliphatic heterocycles. The van der Waals surface area contributed by atoms with E-state index in [9.17, 15) is 17.6 Å². The predicted octanol–water partition coefficient (Wildman–Crippen LogP) is 6.51. The number of halogens is 4. The molecule has 3 aliphatic carbocycles. The third kappa shape index (κ3) is 3.99. The summed E-state index contributed by atoms with van der Waals surface area (Å²) in [6.07, 6.45) is 4.32. The van der Waals surface area contributed by atoms with Crippen molar-refractivity contribution in [2.75, 3.05) is 0 Å². The fourth-order valence-electron chi connectivity index (χ4n) is 5.23. The first-order chi connectivity index (χ1) is 11.5. The fraction of sp³-hybridized carbons (Fsp3) is 0.900. The van der Waals surface area contributed by atoms with Crippen LogP contribution in [-0.4, -0.2) is 18.8 Å². The van der Waals surface area contributed by atoms with Crippen LogP contribution in [0, 0.1) is 29.6 Å². The van der Waals surface area contributed by atoms with Gasteiger partial charge in [-0.1, -0.05) is 31.4 Å². The summed E-state index contributed by atoms with van der Waals surface area (Å²) in [5.74, 6) is 0.473. The summed E-state index contributed by atoms with van der Waals surface area (Å²) >= 11 is 0. The van der Waals surface area contributed by atoms with Crippen molar-refractivity contribution in [3.63, 3.8) is 0 Å². The van der Waals surface area contributed by atoms with Crippen molar-refractivity contribution in [3.8, 4) is 0 Å². The van der Waals surface area contributed by atoms with Gasteiger partial charge in [-0.15, -0.1) is 0 Å². The smallest absolute Gasteiger partial charge is 0.247 e. The van der Waals surface area contributed by atoms with Crippen LogP contribution in [0.25, 0.3) is 0 Å². The Bertz CT molecular complexity index is 427. The van der Waals surface area contributed by atoms with Crippen molar-refractivity contribution in [1.29, 1.82) is 0 Å². The molecule has 3 rings (SSSR count). The molecule has 0 saturated heterocycles. The molecule has 0 N–H and O–H groups in total. The molecular formula is C20H30F4. The standard InChI is InChI=1S/C20H30F4/c1-12-2-4-13(5-3-12)14-6-8-15(9-7-14)16-10-17(21)19(20(23)24)18(22)11-16/h8,12-14,16-20H,2-7,9-11H2,1H3/t12?,13?,14-,16?,17?,18?,19?/m0/s1. The van der Waals surface area contributed by atoms with Crippen LogP contribution < -0.4 is 0 Å². The largest absolute Gasteiger partial charge is 0.247 e. The highest BCUT2D eigenvalue weighted by molar-refractivity contribution is 5.14. The highest BCUT2D eigenvalue weighted by Gasteiger charge is 2.44. The number of hydrogen-bond acceptors (Lipinski definition) is 0. The molecule has 0 spiro atoms. The van der Waals surface area contributed by atoms with Crippen molar-refractivity contribution in [2.45, 2.75) is 83.5 Å². The van der Waals surface area contributed by atoms with E-state index in [0.717, 1.165) is 36.7 Å². The SMILES string of the molecule is CC1CCC([C@H]2CC=C(C3CC(F)C(C(F)F)C(F)C3)CC2)CC1. The maximum atomic E-state index is 14.0. The van der Waals surface area contributed by atoms with Crippen molar-refractivity contribution in [2.24, 2.45) is 29.6 Å². The van der Waals surface area contributed by atoms with Crippen LogP contribution in [0.5, 0.6) is 0 Å². The summed E-state index contributed by atoms with van der Waals surface area (Å²) in [5.41, 5.74) is 1.13. The van der Waals surface area contributed by atoms with Gasteiger partial charge < -0.3 is 0 Å². The van der Waals surface area contributed by atoms with Crippen LogP contribution in [0.2, 0.25) is 0 Å². The number of rotatable bonds is 3. The van der Waals surface area contributed by atoms with Crippen LogP contribution in [0.4, 0.5) is 17.6 Å². The Morgan fingerprint density at radius 1 is 0.917 bits per heavy atom. The molecule has 3 aliphatic rings. The summed E-state index contributed by atoms with van der Waals surface area (Å²) < 4.78 is 53.6. The zero-order valence-corrected chi connectivity index (χ0v) is 14.6. The van der Waals surface area contributed by atoms with Crippen LogP contribution in [-0.2, 0) is 0 Å². The van der Waals surface area contributed by atoms with E-state index in [2.05, 4.69) is 13.0 Å². The lowest BCUT2D eigenvalue weighted by Gasteiger charge is -2.38. The van der Waals surface area contributed by atoms with E-state index < -0.39 is 24.7 Å². The van der Waals surface area contributed by atoms with Gasteiger partial charge in [-0.3, -0.25) is 0 Å². The molecule has 0 aromatic carbocycles. The summed E-state index contributed by atoms with van der Waals surface area (Å²) in [7, 11) is 0. The van der Waals surface area contributed by atoms with Gasteiger partial charge in [0.05, 0.1) is 5.92 Å². The van der Waals surface area contributed by atoms with Gasteiger partial charge in [0.15, 0.2) is 0 Å². The van der Waals surface area contributed by atoms with Crippen LogP contribution >= 0.6 is 0 Å². The third-order valence-electron chi connectivity index (χ3n) is 6.88. The average molecular weight is 346 g/mol. The molecule has 3 atom stereocenters. The second-order valence-corrected chi connectivity index (χ2v) is 8.45. The van der Waals surface area contributed by atoms with Gasteiger partial charge in [0, 0.05) is 0 Å². The molecule has 2 saturated carbocycles. The third-order valence-corrected chi connectivity index (χ3v) is 6.88. The normalized spacial score (nSPS) is 44.4. The van der Waals surface area contributed by atoms with Gasteiger partial charge in [0.2, 0.25) is 6.43 Å². The molecule has 0 nitrogen and oxygen atoms in total. The molecule has 138 valence electrons. The molecule has 0 heterocycles. The number of alkyl halides is 4. The highest BCUT2D eigenvalue weighted by Crippen LogP contribution is 2.45. The predicted molar refractivity (Wildman–Crippen MR) is 88.6 cm³/mol. The van der Waals surface area contributed by atoms with E-state index in [4.69, 9.17) is 0 Å². The second kappa shape index (κ2) is 7.78. The lowest BCUT2D eigenvalue weighted by Crippen LogP contribution is -2.40. The van der Waals surface area contributed by atoms with Gasteiger partial charge in [-0.25, -0.2) is 17.6 Å². The van der Waals surface area contributed by atoms with Gasteiger partial charge >= 0.3 is 0 Å². The Morgan fingerprint density at radius 3 is 2.04 bits per heavy atom. The zero-order valence-electron chi connectivity index (χ0n) is 14.6. The lowest BCUT2D eigenvalue weighted by molar-refractivity contribution is -0.0492. The van der Waals surface area contributed by atoms with Crippen molar-refractivity contribution < 1.29 is 17.6 Å². The Morgan fingerprint density at radius 2 is 1.54 bits per heavy atom. The Balaban J connectivity index is 1.55. The van der Waals surface area contributed by atoms with Crippen LogP contribution in [0.1, 0.15) is 64.7 Å². The molecule has 0 amide bonds. The summed E-state index contributed by atoms with van der Waals surface area (Å²) in [6.45, 7) is 2.32. The first kappa shape index (κ1) is 18.3. The van der Waals surface area contributed by atoms with E-state index >= 15 is 0 Å². The van der Waals surface area contributed by atoms with Crippen LogP contribution in [0.15, 0.2) is 11.6 Å². The molecule has 24 heavy (non-hydrogen) atoms. The summed E-state index contributed by atoms with van der Waals surface area (Å²) in [6, 6.07) is 0. The molecule has 0 aromatic rings. The molecule has 2 unspecified atom stereocenters. The van der Waals surface area contributed by atoms with Gasteiger partial charge in [0.25, 0.3) is 0 Å². The maximum absolute atomic E-state index is 14.0. The first-order valence-electron chi connectivity index (χ1n) is 9.71. The lowest BCUT2D eigenvalue weighted by atomic mass is 9.68. The Labute approximate surface area is 143 Å². The van der Waals surface area contributed by atoms with Crippen LogP contribution in [0.3, 0.4) is 0 Å². The van der Waals surface area contributed by atoms with E-state index in [-0.39, 0.29) is 18.8 Å². The van der Waals surface area contributed by atoms with E-state index in [1.807, 2.05) is 0 Å². The van der Waals surface area contributed by atoms with Gasteiger partial charge in [0.1, 0.15) is 12.3 Å². The Kier molecular flexibility index (Phi) is 5.92. The minimum Gasteiger partial charge on any atom is -0.247 e. The number of allylic oxidation sites excluding steroid dienone is 2. The zero-order chi connectivity index (χ0) is 17.3. The topological polar surface area (TPSA) is 0 Å². The quantitative estimate of drug-likeness (QED) is 0.404. The van der Waals surface area contributed by atoms with Crippen molar-refractivity contribution in [3.05, 3.63) is 11.6 Å². The minimum absolute atomic E-state index is 0.0763. The molecule has 0 aromatic heterocycles. The van der Waals surface area contributed by atoms with Gasteiger partial charge in [-0.05, 0) is 68.6 Å². The molecule has 2 fully saturated rings. The molecular weight excluding hydrogens is 316 g/mol. The summed E-state index contributed by atoms with van der Waals surface area (Å²) in [5, 5.41) is 0.